The zero-order chi connectivity index (χ0) is 13.5. The Bertz CT molecular complexity index is 494. The van der Waals surface area contributed by atoms with Gasteiger partial charge in [-0.1, -0.05) is 50.1 Å². The van der Waals surface area contributed by atoms with Gasteiger partial charge in [0.15, 0.2) is 0 Å². The number of hydrogen-bond acceptors (Lipinski definition) is 2. The van der Waals surface area contributed by atoms with E-state index in [0.717, 1.165) is 12.1 Å². The maximum Gasteiger partial charge on any atom is 0.0561 e. The van der Waals surface area contributed by atoms with Gasteiger partial charge in [-0.3, -0.25) is 4.98 Å². The van der Waals surface area contributed by atoms with Crippen LogP contribution in [0, 0.1) is 6.92 Å². The van der Waals surface area contributed by atoms with Crippen molar-refractivity contribution < 1.29 is 0 Å². The quantitative estimate of drug-likeness (QED) is 0.805. The highest BCUT2D eigenvalue weighted by Crippen LogP contribution is 2.25. The molecule has 2 nitrogen and oxygen atoms in total. The van der Waals surface area contributed by atoms with Crippen LogP contribution in [0.3, 0.4) is 0 Å². The molecule has 2 rings (SSSR count). The van der Waals surface area contributed by atoms with E-state index in [4.69, 9.17) is 0 Å². The number of anilines is 1. The van der Waals surface area contributed by atoms with Gasteiger partial charge >= 0.3 is 0 Å². The Hall–Kier alpha value is -1.83. The van der Waals surface area contributed by atoms with Gasteiger partial charge in [-0.25, -0.2) is 0 Å². The SMILES string of the molecule is CCCCC(Nc1cnccc1C)c1ccccc1. The normalized spacial score (nSPS) is 12.1. The van der Waals surface area contributed by atoms with E-state index in [0.29, 0.717) is 6.04 Å². The maximum absolute atomic E-state index is 4.21. The van der Waals surface area contributed by atoms with Crippen LogP contribution >= 0.6 is 0 Å². The number of aryl methyl sites for hydroxylation is 1. The van der Waals surface area contributed by atoms with E-state index in [1.165, 1.54) is 24.0 Å². The van der Waals surface area contributed by atoms with Gasteiger partial charge in [0.25, 0.3) is 0 Å². The van der Waals surface area contributed by atoms with Crippen molar-refractivity contribution in [2.75, 3.05) is 5.32 Å². The molecule has 1 heterocycles. The smallest absolute Gasteiger partial charge is 0.0561 e. The van der Waals surface area contributed by atoms with Crippen LogP contribution in [-0.2, 0) is 0 Å². The van der Waals surface area contributed by atoms with Gasteiger partial charge in [0, 0.05) is 6.20 Å². The Kier molecular flexibility index (Phi) is 4.96. The molecule has 2 heteroatoms. The highest BCUT2D eigenvalue weighted by molar-refractivity contribution is 5.49. The largest absolute Gasteiger partial charge is 0.377 e. The summed E-state index contributed by atoms with van der Waals surface area (Å²) in [5.74, 6) is 0. The minimum Gasteiger partial charge on any atom is -0.377 e. The first-order chi connectivity index (χ1) is 9.31. The van der Waals surface area contributed by atoms with Crippen molar-refractivity contribution in [2.45, 2.75) is 39.2 Å². The third-order valence-electron chi connectivity index (χ3n) is 3.42. The van der Waals surface area contributed by atoms with Gasteiger partial charge in [0.05, 0.1) is 17.9 Å². The van der Waals surface area contributed by atoms with Crippen molar-refractivity contribution >= 4 is 5.69 Å². The number of nitrogens with one attached hydrogen (secondary N) is 1. The minimum absolute atomic E-state index is 0.365. The Labute approximate surface area is 115 Å². The molecular weight excluding hydrogens is 232 g/mol. The minimum atomic E-state index is 0.365. The van der Waals surface area contributed by atoms with E-state index in [9.17, 15) is 0 Å². The topological polar surface area (TPSA) is 24.9 Å². The second-order valence-electron chi connectivity index (χ2n) is 4.94. The second-order valence-corrected chi connectivity index (χ2v) is 4.94. The van der Waals surface area contributed by atoms with Crippen LogP contribution < -0.4 is 5.32 Å². The fraction of sp³-hybridized carbons (Fsp3) is 0.353. The maximum atomic E-state index is 4.21. The molecule has 0 aliphatic rings. The second kappa shape index (κ2) is 6.93. The summed E-state index contributed by atoms with van der Waals surface area (Å²) in [7, 11) is 0. The summed E-state index contributed by atoms with van der Waals surface area (Å²) < 4.78 is 0. The third-order valence-corrected chi connectivity index (χ3v) is 3.42. The Balaban J connectivity index is 2.17. The highest BCUT2D eigenvalue weighted by atomic mass is 14.9. The van der Waals surface area contributed by atoms with Crippen LogP contribution in [0.4, 0.5) is 5.69 Å². The molecule has 1 N–H and O–H groups in total. The molecule has 0 radical (unpaired) electrons. The molecule has 0 spiro atoms. The number of aromatic nitrogens is 1. The van der Waals surface area contributed by atoms with E-state index < -0.39 is 0 Å². The predicted octanol–water partition coefficient (Wildman–Crippen LogP) is 4.73. The van der Waals surface area contributed by atoms with Crippen LogP contribution in [0.2, 0.25) is 0 Å². The number of benzene rings is 1. The molecule has 0 amide bonds. The lowest BCUT2D eigenvalue weighted by molar-refractivity contribution is 0.634. The van der Waals surface area contributed by atoms with Gasteiger partial charge in [-0.15, -0.1) is 0 Å². The molecule has 1 unspecified atom stereocenters. The summed E-state index contributed by atoms with van der Waals surface area (Å²) in [5, 5.41) is 3.64. The van der Waals surface area contributed by atoms with Crippen LogP contribution in [0.5, 0.6) is 0 Å². The lowest BCUT2D eigenvalue weighted by Crippen LogP contribution is -2.11. The van der Waals surface area contributed by atoms with Crippen molar-refractivity contribution in [3.05, 3.63) is 59.9 Å². The van der Waals surface area contributed by atoms with Crippen LogP contribution in [0.25, 0.3) is 0 Å². The van der Waals surface area contributed by atoms with Crippen LogP contribution in [0.15, 0.2) is 48.8 Å². The van der Waals surface area contributed by atoms with Crippen molar-refractivity contribution in [1.82, 2.24) is 4.98 Å². The van der Waals surface area contributed by atoms with E-state index in [1.807, 2.05) is 18.5 Å². The first-order valence-electron chi connectivity index (χ1n) is 7.03. The molecule has 0 aliphatic carbocycles. The Morgan fingerprint density at radius 1 is 1.16 bits per heavy atom. The molecule has 0 bridgehead atoms. The molecule has 100 valence electrons. The van der Waals surface area contributed by atoms with E-state index >= 15 is 0 Å². The molecule has 1 aromatic carbocycles. The summed E-state index contributed by atoms with van der Waals surface area (Å²) in [6.45, 7) is 4.35. The van der Waals surface area contributed by atoms with Crippen LogP contribution in [-0.4, -0.2) is 4.98 Å². The van der Waals surface area contributed by atoms with Crippen molar-refractivity contribution in [3.63, 3.8) is 0 Å². The van der Waals surface area contributed by atoms with Gasteiger partial charge in [0.2, 0.25) is 0 Å². The Morgan fingerprint density at radius 2 is 1.95 bits per heavy atom. The van der Waals surface area contributed by atoms with Gasteiger partial charge in [0.1, 0.15) is 0 Å². The lowest BCUT2D eigenvalue weighted by Gasteiger charge is -2.21. The fourth-order valence-corrected chi connectivity index (χ4v) is 2.22. The number of nitrogens with zero attached hydrogens (tertiary/aromatic N) is 1. The van der Waals surface area contributed by atoms with Crippen molar-refractivity contribution in [3.8, 4) is 0 Å². The number of unbranched alkanes of at least 4 members (excludes halogenated alkanes) is 1. The summed E-state index contributed by atoms with van der Waals surface area (Å²) in [4.78, 5) is 4.21. The molecule has 2 aromatic rings. The summed E-state index contributed by atoms with van der Waals surface area (Å²) in [5.41, 5.74) is 3.72. The Morgan fingerprint density at radius 3 is 2.63 bits per heavy atom. The van der Waals surface area contributed by atoms with Crippen molar-refractivity contribution in [2.24, 2.45) is 0 Å². The zero-order valence-electron chi connectivity index (χ0n) is 11.8. The summed E-state index contributed by atoms with van der Waals surface area (Å²) >= 11 is 0. The average molecular weight is 254 g/mol. The standard InChI is InChI=1S/C17H22N2/c1-3-4-10-16(15-8-6-5-7-9-15)19-17-13-18-12-11-14(17)2/h5-9,11-13,16,19H,3-4,10H2,1-2H3. The van der Waals surface area contributed by atoms with E-state index in [2.05, 4.69) is 54.5 Å². The average Bonchev–Trinajstić information content (AvgIpc) is 2.46. The van der Waals surface area contributed by atoms with E-state index in [1.54, 1.807) is 0 Å². The van der Waals surface area contributed by atoms with Crippen LogP contribution in [0.1, 0.15) is 43.4 Å². The molecule has 1 aromatic heterocycles. The van der Waals surface area contributed by atoms with Crippen molar-refractivity contribution in [1.29, 1.82) is 0 Å². The predicted molar refractivity (Wildman–Crippen MR) is 81.3 cm³/mol. The molecule has 0 fully saturated rings. The molecule has 0 aliphatic heterocycles. The molecule has 19 heavy (non-hydrogen) atoms. The molecular formula is C17H22N2. The summed E-state index contributed by atoms with van der Waals surface area (Å²) in [6.07, 6.45) is 7.35. The number of pyridine rings is 1. The van der Waals surface area contributed by atoms with Gasteiger partial charge in [-0.2, -0.15) is 0 Å². The monoisotopic (exact) mass is 254 g/mol. The van der Waals surface area contributed by atoms with Gasteiger partial charge in [-0.05, 0) is 30.5 Å². The number of hydrogen-bond donors (Lipinski definition) is 1. The fourth-order valence-electron chi connectivity index (χ4n) is 2.22. The summed E-state index contributed by atoms with van der Waals surface area (Å²) in [6, 6.07) is 13.1. The third kappa shape index (κ3) is 3.82. The van der Waals surface area contributed by atoms with E-state index in [-0.39, 0.29) is 0 Å². The molecule has 0 saturated heterocycles. The molecule has 1 atom stereocenters. The number of rotatable bonds is 6. The lowest BCUT2D eigenvalue weighted by atomic mass is 10.0. The first-order valence-corrected chi connectivity index (χ1v) is 7.03. The van der Waals surface area contributed by atoms with Gasteiger partial charge < -0.3 is 5.32 Å². The highest BCUT2D eigenvalue weighted by Gasteiger charge is 2.11. The first kappa shape index (κ1) is 13.6. The zero-order valence-corrected chi connectivity index (χ0v) is 11.8. The molecule has 0 saturated carbocycles.